The van der Waals surface area contributed by atoms with Crippen molar-refractivity contribution in [3.8, 4) is 0 Å². The van der Waals surface area contributed by atoms with E-state index in [1.165, 1.54) is 38.2 Å². The molecule has 112 valence electrons. The van der Waals surface area contributed by atoms with Gasteiger partial charge in [-0.3, -0.25) is 10.1 Å². The summed E-state index contributed by atoms with van der Waals surface area (Å²) >= 11 is 6.01. The molecule has 1 N–H and O–H groups in total. The van der Waals surface area contributed by atoms with Crippen LogP contribution in [0.5, 0.6) is 0 Å². The van der Waals surface area contributed by atoms with Crippen molar-refractivity contribution >= 4 is 23.0 Å². The van der Waals surface area contributed by atoms with Gasteiger partial charge in [-0.05, 0) is 67.9 Å². The molecule has 4 nitrogen and oxygen atoms in total. The van der Waals surface area contributed by atoms with Gasteiger partial charge >= 0.3 is 0 Å². The molecule has 0 aliphatic heterocycles. The Morgan fingerprint density at radius 2 is 1.71 bits per heavy atom. The second-order valence-corrected chi connectivity index (χ2v) is 7.43. The predicted molar refractivity (Wildman–Crippen MR) is 82.6 cm³/mol. The fourth-order valence-corrected chi connectivity index (χ4v) is 5.35. The van der Waals surface area contributed by atoms with E-state index >= 15 is 0 Å². The van der Waals surface area contributed by atoms with Crippen LogP contribution in [0.15, 0.2) is 18.2 Å². The molecule has 5 rings (SSSR count). The molecule has 1 aromatic carbocycles. The molecule has 0 spiro atoms. The minimum Gasteiger partial charge on any atom is -0.382 e. The van der Waals surface area contributed by atoms with Gasteiger partial charge in [-0.25, -0.2) is 0 Å². The Balaban J connectivity index is 1.54. The molecule has 1 aromatic rings. The van der Waals surface area contributed by atoms with Crippen LogP contribution in [-0.4, -0.2) is 11.0 Å². The van der Waals surface area contributed by atoms with Gasteiger partial charge < -0.3 is 5.32 Å². The zero-order valence-electron chi connectivity index (χ0n) is 11.8. The van der Waals surface area contributed by atoms with E-state index in [9.17, 15) is 10.1 Å². The fraction of sp³-hybridized carbons (Fsp3) is 0.625. The summed E-state index contributed by atoms with van der Waals surface area (Å²) in [5.41, 5.74) is 0.898. The minimum atomic E-state index is -0.436. The lowest BCUT2D eigenvalue weighted by atomic mass is 9.54. The standard InChI is InChI=1S/C16H19ClN2O2/c17-14-8-13(1-2-15(14)19(20)21)18-16-11-4-9-3-10(6-11)7-12(16)5-9/h1-2,8-12,16,18H,3-7H2. The number of nitrogens with zero attached hydrogens (tertiary/aromatic N) is 1. The third kappa shape index (κ3) is 2.30. The normalized spacial score (nSPS) is 36.7. The highest BCUT2D eigenvalue weighted by Gasteiger charge is 2.48. The molecule has 0 radical (unpaired) electrons. The smallest absolute Gasteiger partial charge is 0.288 e. The monoisotopic (exact) mass is 306 g/mol. The SMILES string of the molecule is O=[N+]([O-])c1ccc(NC2C3CC4CC(C3)CC2C4)cc1Cl. The maximum atomic E-state index is 10.8. The molecule has 21 heavy (non-hydrogen) atoms. The molecule has 5 heteroatoms. The summed E-state index contributed by atoms with van der Waals surface area (Å²) in [5.74, 6) is 3.45. The van der Waals surface area contributed by atoms with Gasteiger partial charge in [0.1, 0.15) is 5.02 Å². The molecule has 0 heterocycles. The van der Waals surface area contributed by atoms with Crippen LogP contribution in [0.1, 0.15) is 32.1 Å². The molecule has 4 aliphatic rings. The molecular formula is C16H19ClN2O2. The summed E-state index contributed by atoms with van der Waals surface area (Å²) in [7, 11) is 0. The van der Waals surface area contributed by atoms with Gasteiger partial charge in [0.15, 0.2) is 0 Å². The third-order valence-corrected chi connectivity index (χ3v) is 6.01. The van der Waals surface area contributed by atoms with Crippen LogP contribution in [0.3, 0.4) is 0 Å². The molecule has 4 aliphatic carbocycles. The van der Waals surface area contributed by atoms with Gasteiger partial charge in [0.2, 0.25) is 0 Å². The Morgan fingerprint density at radius 1 is 1.10 bits per heavy atom. The van der Waals surface area contributed by atoms with Crippen molar-refractivity contribution in [3.63, 3.8) is 0 Å². The van der Waals surface area contributed by atoms with Gasteiger partial charge in [0, 0.05) is 17.8 Å². The molecule has 4 saturated carbocycles. The van der Waals surface area contributed by atoms with E-state index in [4.69, 9.17) is 11.6 Å². The van der Waals surface area contributed by atoms with E-state index in [2.05, 4.69) is 5.32 Å². The number of nitro groups is 1. The Morgan fingerprint density at radius 3 is 2.24 bits per heavy atom. The average Bonchev–Trinajstić information content (AvgIpc) is 2.41. The Hall–Kier alpha value is -1.29. The van der Waals surface area contributed by atoms with Crippen LogP contribution in [0.2, 0.25) is 5.02 Å². The van der Waals surface area contributed by atoms with E-state index in [1.54, 1.807) is 12.1 Å². The largest absolute Gasteiger partial charge is 0.382 e. The molecule has 0 amide bonds. The molecule has 0 saturated heterocycles. The number of hydrogen-bond acceptors (Lipinski definition) is 3. The Bertz CT molecular complexity index is 562. The maximum absolute atomic E-state index is 10.8. The first-order valence-corrected chi connectivity index (χ1v) is 8.18. The summed E-state index contributed by atoms with van der Waals surface area (Å²) in [6.45, 7) is 0. The Kier molecular flexibility index (Phi) is 3.10. The number of hydrogen-bond donors (Lipinski definition) is 1. The zero-order chi connectivity index (χ0) is 14.6. The van der Waals surface area contributed by atoms with Gasteiger partial charge in [-0.1, -0.05) is 11.6 Å². The third-order valence-electron chi connectivity index (χ3n) is 5.70. The quantitative estimate of drug-likeness (QED) is 0.661. The molecular weight excluding hydrogens is 288 g/mol. The highest BCUT2D eigenvalue weighted by atomic mass is 35.5. The average molecular weight is 307 g/mol. The van der Waals surface area contributed by atoms with Gasteiger partial charge in [0.25, 0.3) is 5.69 Å². The zero-order valence-corrected chi connectivity index (χ0v) is 12.6. The van der Waals surface area contributed by atoms with Crippen LogP contribution < -0.4 is 5.32 Å². The second-order valence-electron chi connectivity index (χ2n) is 7.02. The van der Waals surface area contributed by atoms with E-state index in [0.29, 0.717) is 6.04 Å². The van der Waals surface area contributed by atoms with Crippen molar-refractivity contribution in [1.29, 1.82) is 0 Å². The van der Waals surface area contributed by atoms with Crippen LogP contribution in [-0.2, 0) is 0 Å². The molecule has 4 bridgehead atoms. The molecule has 4 fully saturated rings. The summed E-state index contributed by atoms with van der Waals surface area (Å²) in [5, 5.41) is 14.7. The van der Waals surface area contributed by atoms with Crippen molar-refractivity contribution in [1.82, 2.24) is 0 Å². The summed E-state index contributed by atoms with van der Waals surface area (Å²) in [6, 6.07) is 5.51. The summed E-state index contributed by atoms with van der Waals surface area (Å²) in [6.07, 6.45) is 6.86. The van der Waals surface area contributed by atoms with Gasteiger partial charge in [0.05, 0.1) is 4.92 Å². The van der Waals surface area contributed by atoms with Crippen molar-refractivity contribution < 1.29 is 4.92 Å². The van der Waals surface area contributed by atoms with Crippen molar-refractivity contribution in [2.75, 3.05) is 5.32 Å². The lowest BCUT2D eigenvalue weighted by molar-refractivity contribution is -0.384. The van der Waals surface area contributed by atoms with Crippen LogP contribution in [0, 0.1) is 33.8 Å². The summed E-state index contributed by atoms with van der Waals surface area (Å²) in [4.78, 5) is 10.4. The lowest BCUT2D eigenvalue weighted by Gasteiger charge is -2.54. The van der Waals surface area contributed by atoms with Crippen LogP contribution in [0.4, 0.5) is 11.4 Å². The highest BCUT2D eigenvalue weighted by Crippen LogP contribution is 2.54. The summed E-state index contributed by atoms with van der Waals surface area (Å²) < 4.78 is 0. The number of rotatable bonds is 3. The molecule has 0 aromatic heterocycles. The highest BCUT2D eigenvalue weighted by molar-refractivity contribution is 6.32. The van der Waals surface area contributed by atoms with E-state index in [-0.39, 0.29) is 10.7 Å². The predicted octanol–water partition coefficient (Wildman–Crippen LogP) is 4.48. The fourth-order valence-electron chi connectivity index (χ4n) is 5.10. The minimum absolute atomic E-state index is 0.0210. The molecule has 0 atom stereocenters. The van der Waals surface area contributed by atoms with Crippen molar-refractivity contribution in [2.45, 2.75) is 38.1 Å². The number of anilines is 1. The van der Waals surface area contributed by atoms with E-state index < -0.39 is 4.92 Å². The van der Waals surface area contributed by atoms with Gasteiger partial charge in [-0.2, -0.15) is 0 Å². The number of nitrogens with one attached hydrogen (secondary N) is 1. The van der Waals surface area contributed by atoms with Crippen molar-refractivity contribution in [3.05, 3.63) is 33.3 Å². The molecule has 0 unspecified atom stereocenters. The number of benzene rings is 1. The topological polar surface area (TPSA) is 55.2 Å². The number of halogens is 1. The first-order valence-electron chi connectivity index (χ1n) is 7.80. The first kappa shape index (κ1) is 13.4. The maximum Gasteiger partial charge on any atom is 0.288 e. The lowest BCUT2D eigenvalue weighted by Crippen LogP contribution is -2.51. The van der Waals surface area contributed by atoms with Crippen LogP contribution in [0.25, 0.3) is 0 Å². The Labute approximate surface area is 129 Å². The second kappa shape index (κ2) is 4.87. The first-order chi connectivity index (χ1) is 10.1. The number of nitro benzene ring substituents is 1. The van der Waals surface area contributed by atoms with Crippen LogP contribution >= 0.6 is 11.6 Å². The van der Waals surface area contributed by atoms with E-state index in [1.807, 2.05) is 0 Å². The van der Waals surface area contributed by atoms with Crippen molar-refractivity contribution in [2.24, 2.45) is 23.7 Å². The van der Waals surface area contributed by atoms with E-state index in [0.717, 1.165) is 29.4 Å². The van der Waals surface area contributed by atoms with Gasteiger partial charge in [-0.15, -0.1) is 0 Å².